The average molecular weight is 246 g/mol. The van der Waals surface area contributed by atoms with Gasteiger partial charge in [0.05, 0.1) is 11.8 Å². The number of benzene rings is 1. The first-order chi connectivity index (χ1) is 7.33. The van der Waals surface area contributed by atoms with Gasteiger partial charge < -0.3 is 0 Å². The lowest BCUT2D eigenvalue weighted by molar-refractivity contribution is 0.531. The van der Waals surface area contributed by atoms with Crippen LogP contribution in [-0.4, -0.2) is 20.4 Å². The molecule has 0 amide bonds. The topological polar surface area (TPSA) is 72.2 Å². The van der Waals surface area contributed by atoms with Gasteiger partial charge >= 0.3 is 0 Å². The second-order valence-electron chi connectivity index (χ2n) is 3.84. The summed E-state index contributed by atoms with van der Waals surface area (Å²) in [5.74, 6) is 4.56. The molecule has 0 bridgehead atoms. The van der Waals surface area contributed by atoms with Crippen LogP contribution in [0.5, 0.6) is 0 Å². The van der Waals surface area contributed by atoms with Gasteiger partial charge in [-0.25, -0.2) is 12.8 Å². The van der Waals surface area contributed by atoms with Crippen molar-refractivity contribution in [2.45, 2.75) is 13.0 Å². The van der Waals surface area contributed by atoms with Crippen LogP contribution in [0.2, 0.25) is 0 Å². The zero-order chi connectivity index (χ0) is 12.3. The number of hydrazine groups is 1. The molecule has 0 saturated heterocycles. The highest BCUT2D eigenvalue weighted by Crippen LogP contribution is 2.19. The van der Waals surface area contributed by atoms with Crippen LogP contribution in [0.4, 0.5) is 4.39 Å². The zero-order valence-electron chi connectivity index (χ0n) is 9.20. The van der Waals surface area contributed by atoms with E-state index in [1.54, 1.807) is 19.1 Å². The van der Waals surface area contributed by atoms with E-state index in [2.05, 4.69) is 5.43 Å². The fraction of sp³-hybridized carbons (Fsp3) is 0.400. The highest BCUT2D eigenvalue weighted by atomic mass is 32.2. The van der Waals surface area contributed by atoms with E-state index in [1.807, 2.05) is 0 Å². The Kier molecular flexibility index (Phi) is 4.01. The van der Waals surface area contributed by atoms with Crippen molar-refractivity contribution in [3.63, 3.8) is 0 Å². The van der Waals surface area contributed by atoms with Gasteiger partial charge in [-0.15, -0.1) is 0 Å². The van der Waals surface area contributed by atoms with E-state index < -0.39 is 21.7 Å². The first-order valence-corrected chi connectivity index (χ1v) is 6.79. The van der Waals surface area contributed by atoms with Crippen molar-refractivity contribution in [1.82, 2.24) is 5.43 Å². The quantitative estimate of drug-likeness (QED) is 0.605. The molecule has 4 nitrogen and oxygen atoms in total. The predicted octanol–water partition coefficient (Wildman–Crippen LogP) is 0.683. The van der Waals surface area contributed by atoms with Gasteiger partial charge in [-0.05, 0) is 13.0 Å². The predicted molar refractivity (Wildman–Crippen MR) is 60.9 cm³/mol. The molecule has 1 aromatic carbocycles. The minimum Gasteiger partial charge on any atom is -0.271 e. The molecule has 0 aromatic heterocycles. The van der Waals surface area contributed by atoms with Crippen LogP contribution in [0, 0.1) is 12.7 Å². The van der Waals surface area contributed by atoms with Gasteiger partial charge in [-0.1, -0.05) is 17.7 Å². The first-order valence-electron chi connectivity index (χ1n) is 4.73. The van der Waals surface area contributed by atoms with E-state index in [1.165, 1.54) is 6.07 Å². The molecule has 1 rings (SSSR count). The normalized spacial score (nSPS) is 13.8. The Hall–Kier alpha value is -0.980. The van der Waals surface area contributed by atoms with Gasteiger partial charge in [0, 0.05) is 11.8 Å². The van der Waals surface area contributed by atoms with E-state index in [-0.39, 0.29) is 11.3 Å². The molecule has 0 aliphatic rings. The van der Waals surface area contributed by atoms with Crippen molar-refractivity contribution < 1.29 is 12.8 Å². The minimum absolute atomic E-state index is 0.232. The van der Waals surface area contributed by atoms with Crippen LogP contribution in [0.25, 0.3) is 0 Å². The second kappa shape index (κ2) is 4.90. The number of nitrogens with one attached hydrogen (secondary N) is 1. The maximum Gasteiger partial charge on any atom is 0.149 e. The summed E-state index contributed by atoms with van der Waals surface area (Å²) in [5, 5.41) is 0. The summed E-state index contributed by atoms with van der Waals surface area (Å²) in [4.78, 5) is 0. The van der Waals surface area contributed by atoms with Crippen molar-refractivity contribution in [2.24, 2.45) is 5.84 Å². The molecular weight excluding hydrogens is 231 g/mol. The van der Waals surface area contributed by atoms with Gasteiger partial charge in [0.25, 0.3) is 0 Å². The van der Waals surface area contributed by atoms with E-state index in [9.17, 15) is 12.8 Å². The number of rotatable bonds is 4. The molecule has 3 N–H and O–H groups in total. The zero-order valence-corrected chi connectivity index (χ0v) is 10.0. The molecule has 1 atom stereocenters. The summed E-state index contributed by atoms with van der Waals surface area (Å²) in [6.07, 6.45) is 1.09. The first kappa shape index (κ1) is 13.1. The number of halogens is 1. The van der Waals surface area contributed by atoms with Crippen LogP contribution in [-0.2, 0) is 9.84 Å². The van der Waals surface area contributed by atoms with Crippen molar-refractivity contribution in [2.75, 3.05) is 12.0 Å². The molecule has 16 heavy (non-hydrogen) atoms. The summed E-state index contributed by atoms with van der Waals surface area (Å²) in [7, 11) is -3.22. The highest BCUT2D eigenvalue weighted by Gasteiger charge is 2.19. The Morgan fingerprint density at radius 3 is 2.62 bits per heavy atom. The molecule has 90 valence electrons. The van der Waals surface area contributed by atoms with Crippen molar-refractivity contribution in [3.05, 3.63) is 35.1 Å². The molecule has 0 aliphatic heterocycles. The third kappa shape index (κ3) is 3.55. The lowest BCUT2D eigenvalue weighted by atomic mass is 10.1. The van der Waals surface area contributed by atoms with Crippen LogP contribution >= 0.6 is 0 Å². The lowest BCUT2D eigenvalue weighted by Gasteiger charge is -2.16. The Bertz CT molecular complexity index is 474. The van der Waals surface area contributed by atoms with Gasteiger partial charge in [0.15, 0.2) is 0 Å². The summed E-state index contributed by atoms with van der Waals surface area (Å²) in [6.45, 7) is 1.80. The molecule has 0 radical (unpaired) electrons. The maximum absolute atomic E-state index is 13.5. The molecule has 0 fully saturated rings. The van der Waals surface area contributed by atoms with E-state index in [0.29, 0.717) is 0 Å². The van der Waals surface area contributed by atoms with Crippen LogP contribution < -0.4 is 11.3 Å². The van der Waals surface area contributed by atoms with Crippen molar-refractivity contribution in [3.8, 4) is 0 Å². The molecule has 0 aliphatic carbocycles. The van der Waals surface area contributed by atoms with Crippen LogP contribution in [0.3, 0.4) is 0 Å². The van der Waals surface area contributed by atoms with E-state index in [0.717, 1.165) is 11.8 Å². The average Bonchev–Trinajstić information content (AvgIpc) is 2.17. The minimum atomic E-state index is -3.22. The molecular formula is C10H15FN2O2S. The summed E-state index contributed by atoms with van der Waals surface area (Å²) < 4.78 is 35.8. The molecule has 1 aromatic rings. The SMILES string of the molecule is Cc1ccc(F)c(C(CS(C)(=O)=O)NN)c1. The number of aryl methyl sites for hydroxylation is 1. The molecule has 0 heterocycles. The Balaban J connectivity index is 3.08. The van der Waals surface area contributed by atoms with Crippen LogP contribution in [0.1, 0.15) is 17.2 Å². The Labute approximate surface area is 94.5 Å². The standard InChI is InChI=1S/C10H15FN2O2S/c1-7-3-4-9(11)8(5-7)10(13-12)6-16(2,14)15/h3-5,10,13H,6,12H2,1-2H3. The number of hydrogen-bond acceptors (Lipinski definition) is 4. The highest BCUT2D eigenvalue weighted by molar-refractivity contribution is 7.90. The monoisotopic (exact) mass is 246 g/mol. The van der Waals surface area contributed by atoms with Gasteiger partial charge in [-0.3, -0.25) is 11.3 Å². The third-order valence-corrected chi connectivity index (χ3v) is 3.14. The Morgan fingerprint density at radius 2 is 2.12 bits per heavy atom. The van der Waals surface area contributed by atoms with Gasteiger partial charge in [-0.2, -0.15) is 0 Å². The van der Waals surface area contributed by atoms with Crippen LogP contribution in [0.15, 0.2) is 18.2 Å². The summed E-state index contributed by atoms with van der Waals surface area (Å²) >= 11 is 0. The molecule has 1 unspecified atom stereocenters. The summed E-state index contributed by atoms with van der Waals surface area (Å²) in [5.41, 5.74) is 3.45. The summed E-state index contributed by atoms with van der Waals surface area (Å²) in [6, 6.07) is 3.78. The fourth-order valence-electron chi connectivity index (χ4n) is 1.46. The lowest BCUT2D eigenvalue weighted by Crippen LogP contribution is -2.33. The Morgan fingerprint density at radius 1 is 1.50 bits per heavy atom. The second-order valence-corrected chi connectivity index (χ2v) is 6.02. The molecule has 0 saturated carbocycles. The molecule has 0 spiro atoms. The van der Waals surface area contributed by atoms with E-state index in [4.69, 9.17) is 5.84 Å². The fourth-order valence-corrected chi connectivity index (χ4v) is 2.34. The van der Waals surface area contributed by atoms with Crippen molar-refractivity contribution >= 4 is 9.84 Å². The van der Waals surface area contributed by atoms with E-state index >= 15 is 0 Å². The smallest absolute Gasteiger partial charge is 0.149 e. The van der Waals surface area contributed by atoms with Crippen molar-refractivity contribution in [1.29, 1.82) is 0 Å². The number of sulfone groups is 1. The maximum atomic E-state index is 13.5. The number of nitrogens with two attached hydrogens (primary N) is 1. The third-order valence-electron chi connectivity index (χ3n) is 2.20. The largest absolute Gasteiger partial charge is 0.271 e. The van der Waals surface area contributed by atoms with Gasteiger partial charge in [0.1, 0.15) is 15.7 Å². The number of hydrogen-bond donors (Lipinski definition) is 2. The molecule has 6 heteroatoms. The van der Waals surface area contributed by atoms with Gasteiger partial charge in [0.2, 0.25) is 0 Å².